The van der Waals surface area contributed by atoms with Gasteiger partial charge in [0.2, 0.25) is 0 Å². The molecule has 148 valence electrons. The fraction of sp³-hybridized carbons (Fsp3) is 0.375. The second-order valence-corrected chi connectivity index (χ2v) is 5.43. The zero-order valence-electron chi connectivity index (χ0n) is 14.1. The van der Waals surface area contributed by atoms with Crippen LogP contribution in [0.5, 0.6) is 5.75 Å². The Bertz CT molecular complexity index is 849. The molecule has 27 heavy (non-hydrogen) atoms. The van der Waals surface area contributed by atoms with Crippen LogP contribution in [0.3, 0.4) is 0 Å². The highest BCUT2D eigenvalue weighted by molar-refractivity contribution is 5.96. The lowest BCUT2D eigenvalue weighted by Gasteiger charge is -2.16. The Morgan fingerprint density at radius 1 is 1.15 bits per heavy atom. The number of halogens is 6. The first kappa shape index (κ1) is 20.6. The maximum absolute atomic E-state index is 12.7. The molecule has 1 aromatic heterocycles. The molecule has 0 saturated carbocycles. The van der Waals surface area contributed by atoms with Crippen molar-refractivity contribution in [3.05, 3.63) is 29.5 Å². The van der Waals surface area contributed by atoms with Gasteiger partial charge in [-0.2, -0.15) is 13.2 Å². The van der Waals surface area contributed by atoms with Gasteiger partial charge in [0.25, 0.3) is 0 Å². The van der Waals surface area contributed by atoms with Crippen molar-refractivity contribution in [2.75, 3.05) is 18.5 Å². The van der Waals surface area contributed by atoms with E-state index in [2.05, 4.69) is 9.72 Å². The molecule has 11 heteroatoms. The number of rotatable bonds is 5. The Balaban J connectivity index is 2.59. The molecule has 1 aromatic carbocycles. The van der Waals surface area contributed by atoms with Gasteiger partial charge in [0.05, 0.1) is 6.61 Å². The van der Waals surface area contributed by atoms with E-state index in [1.165, 1.54) is 19.1 Å². The minimum Gasteiger partial charge on any atom is -0.461 e. The number of nitrogens with zero attached hydrogens (tertiary/aromatic N) is 1. The summed E-state index contributed by atoms with van der Waals surface area (Å²) in [5.74, 6) is -1.68. The van der Waals surface area contributed by atoms with E-state index >= 15 is 0 Å². The van der Waals surface area contributed by atoms with Gasteiger partial charge in [0, 0.05) is 17.1 Å². The molecule has 2 rings (SSSR count). The summed E-state index contributed by atoms with van der Waals surface area (Å²) >= 11 is 0. The van der Waals surface area contributed by atoms with E-state index in [9.17, 15) is 31.1 Å². The number of carbonyl (C=O) groups is 1. The van der Waals surface area contributed by atoms with Gasteiger partial charge in [-0.05, 0) is 31.5 Å². The predicted octanol–water partition coefficient (Wildman–Crippen LogP) is 4.59. The van der Waals surface area contributed by atoms with E-state index in [-0.39, 0.29) is 28.9 Å². The lowest BCUT2D eigenvalue weighted by atomic mass is 10.1. The number of esters is 1. The number of pyridine rings is 1. The van der Waals surface area contributed by atoms with Crippen molar-refractivity contribution in [2.45, 2.75) is 26.4 Å². The number of carbonyl (C=O) groups excluding carboxylic acids is 1. The molecule has 0 aliphatic carbocycles. The van der Waals surface area contributed by atoms with Crippen molar-refractivity contribution in [3.63, 3.8) is 0 Å². The highest BCUT2D eigenvalue weighted by atomic mass is 19.4. The van der Waals surface area contributed by atoms with Gasteiger partial charge >= 0.3 is 18.5 Å². The summed E-state index contributed by atoms with van der Waals surface area (Å²) in [5.41, 5.74) is -0.503. The van der Waals surface area contributed by atoms with Crippen LogP contribution in [0.1, 0.15) is 23.0 Å². The Morgan fingerprint density at radius 2 is 1.81 bits per heavy atom. The molecule has 1 heterocycles. The minimum absolute atomic E-state index is 0.0316. The van der Waals surface area contributed by atoms with Gasteiger partial charge in [0.15, 0.2) is 5.75 Å². The van der Waals surface area contributed by atoms with E-state index in [0.29, 0.717) is 5.56 Å². The van der Waals surface area contributed by atoms with Gasteiger partial charge < -0.3 is 14.8 Å². The first-order valence-corrected chi connectivity index (χ1v) is 7.58. The molecule has 0 aliphatic rings. The molecule has 5 nitrogen and oxygen atoms in total. The van der Waals surface area contributed by atoms with Crippen LogP contribution in [0, 0.1) is 6.92 Å². The zero-order chi connectivity index (χ0) is 20.4. The van der Waals surface area contributed by atoms with Crippen molar-refractivity contribution in [1.82, 2.24) is 4.98 Å². The quantitative estimate of drug-likeness (QED) is 0.592. The number of fused-ring (bicyclic) bond motifs is 1. The van der Waals surface area contributed by atoms with Crippen LogP contribution in [-0.4, -0.2) is 36.6 Å². The summed E-state index contributed by atoms with van der Waals surface area (Å²) < 4.78 is 84.0. The highest BCUT2D eigenvalue weighted by Gasteiger charge is 2.33. The minimum atomic E-state index is -5.11. The molecule has 2 aromatic rings. The van der Waals surface area contributed by atoms with Gasteiger partial charge in [-0.15, -0.1) is 13.2 Å². The summed E-state index contributed by atoms with van der Waals surface area (Å²) in [4.78, 5) is 15.7. The van der Waals surface area contributed by atoms with Crippen LogP contribution in [0.25, 0.3) is 10.9 Å². The normalized spacial score (nSPS) is 12.1. The van der Waals surface area contributed by atoms with Crippen LogP contribution in [0.4, 0.5) is 32.0 Å². The third kappa shape index (κ3) is 5.63. The van der Waals surface area contributed by atoms with E-state index in [0.717, 1.165) is 6.07 Å². The maximum atomic E-state index is 12.7. The zero-order valence-corrected chi connectivity index (χ0v) is 14.1. The van der Waals surface area contributed by atoms with Gasteiger partial charge in [-0.25, -0.2) is 9.78 Å². The van der Waals surface area contributed by atoms with Crippen molar-refractivity contribution in [3.8, 4) is 5.75 Å². The van der Waals surface area contributed by atoms with Crippen LogP contribution < -0.4 is 10.1 Å². The molecular formula is C16H14F6N2O3. The van der Waals surface area contributed by atoms with Crippen LogP contribution >= 0.6 is 0 Å². The molecule has 0 amide bonds. The second-order valence-electron chi connectivity index (χ2n) is 5.43. The monoisotopic (exact) mass is 396 g/mol. The average molecular weight is 396 g/mol. The number of aromatic nitrogens is 1. The third-order valence-electron chi connectivity index (χ3n) is 3.29. The van der Waals surface area contributed by atoms with Crippen LogP contribution in [0.15, 0.2) is 18.2 Å². The molecule has 0 radical (unpaired) electrons. The highest BCUT2D eigenvalue weighted by Crippen LogP contribution is 2.35. The first-order chi connectivity index (χ1) is 12.4. The smallest absolute Gasteiger partial charge is 0.461 e. The summed E-state index contributed by atoms with van der Waals surface area (Å²) in [7, 11) is 0. The van der Waals surface area contributed by atoms with Gasteiger partial charge in [0.1, 0.15) is 17.8 Å². The largest absolute Gasteiger partial charge is 0.573 e. The maximum Gasteiger partial charge on any atom is 0.573 e. The van der Waals surface area contributed by atoms with Crippen LogP contribution in [0.2, 0.25) is 0 Å². The van der Waals surface area contributed by atoms with Crippen LogP contribution in [-0.2, 0) is 4.74 Å². The number of anilines is 1. The van der Waals surface area contributed by atoms with Gasteiger partial charge in [-0.3, -0.25) is 0 Å². The van der Waals surface area contributed by atoms with E-state index in [1.807, 2.05) is 5.32 Å². The lowest BCUT2D eigenvalue weighted by molar-refractivity contribution is -0.274. The second kappa shape index (κ2) is 7.49. The molecule has 0 aliphatic heterocycles. The summed E-state index contributed by atoms with van der Waals surface area (Å²) in [6, 6.07) is 3.20. The number of hydrogen-bond donors (Lipinski definition) is 1. The summed E-state index contributed by atoms with van der Waals surface area (Å²) in [5, 5.41) is 2.09. The Labute approximate surface area is 149 Å². The van der Waals surface area contributed by atoms with E-state index in [4.69, 9.17) is 4.74 Å². The van der Waals surface area contributed by atoms with Crippen molar-refractivity contribution < 1.29 is 40.6 Å². The molecule has 0 fully saturated rings. The first-order valence-electron chi connectivity index (χ1n) is 7.58. The Hall–Kier alpha value is -2.72. The van der Waals surface area contributed by atoms with E-state index in [1.54, 1.807) is 6.92 Å². The summed E-state index contributed by atoms with van der Waals surface area (Å²) in [6.07, 6.45) is -9.67. The molecule has 0 bridgehead atoms. The average Bonchev–Trinajstić information content (AvgIpc) is 2.51. The topological polar surface area (TPSA) is 60.5 Å². The lowest BCUT2D eigenvalue weighted by Crippen LogP contribution is -2.22. The Kier molecular flexibility index (Phi) is 5.71. The van der Waals surface area contributed by atoms with E-state index < -0.39 is 30.8 Å². The molecule has 0 saturated heterocycles. The summed E-state index contributed by atoms with van der Waals surface area (Å²) in [6.45, 7) is 1.60. The fourth-order valence-corrected chi connectivity index (χ4v) is 2.28. The standard InChI is InChI=1S/C16H14F6N2O3/c1-3-26-14(25)11-4-8(2)10-5-9(23-7-15(17,18)19)6-12(13(10)24-11)27-16(20,21)22/h4-6,23H,3,7H2,1-2H3. The molecule has 1 N–H and O–H groups in total. The number of nitrogens with one attached hydrogen (secondary N) is 1. The number of ether oxygens (including phenoxy) is 2. The molecule has 0 unspecified atom stereocenters. The molecule has 0 spiro atoms. The van der Waals surface area contributed by atoms with Crippen molar-refractivity contribution in [1.29, 1.82) is 0 Å². The van der Waals surface area contributed by atoms with Gasteiger partial charge in [-0.1, -0.05) is 0 Å². The predicted molar refractivity (Wildman–Crippen MR) is 83.7 cm³/mol. The number of aryl methyl sites for hydroxylation is 1. The molecule has 0 atom stereocenters. The number of benzene rings is 1. The number of hydrogen-bond acceptors (Lipinski definition) is 5. The number of alkyl halides is 6. The third-order valence-corrected chi connectivity index (χ3v) is 3.29. The fourth-order valence-electron chi connectivity index (χ4n) is 2.28. The molecular weight excluding hydrogens is 382 g/mol. The Morgan fingerprint density at radius 3 is 2.37 bits per heavy atom. The SMILES string of the molecule is CCOC(=O)c1cc(C)c2cc(NCC(F)(F)F)cc(OC(F)(F)F)c2n1. The van der Waals surface area contributed by atoms with Crippen molar-refractivity contribution in [2.24, 2.45) is 0 Å². The van der Waals surface area contributed by atoms with Crippen molar-refractivity contribution >= 4 is 22.6 Å².